The third-order valence-corrected chi connectivity index (χ3v) is 7.71. The Hall–Kier alpha value is -2.99. The summed E-state index contributed by atoms with van der Waals surface area (Å²) in [7, 11) is 1.87. The first-order chi connectivity index (χ1) is 16.1. The zero-order valence-electron chi connectivity index (χ0n) is 19.1. The largest absolute Gasteiger partial charge is 0.396 e. The van der Waals surface area contributed by atoms with Gasteiger partial charge < -0.3 is 10.0 Å². The van der Waals surface area contributed by atoms with Crippen molar-refractivity contribution in [3.8, 4) is 11.3 Å². The molecule has 3 aromatic rings. The monoisotopic (exact) mass is 442 g/mol. The average Bonchev–Trinajstić information content (AvgIpc) is 3.26. The normalized spacial score (nSPS) is 22.2. The van der Waals surface area contributed by atoms with E-state index in [9.17, 15) is 9.90 Å². The molecule has 0 spiro atoms. The highest BCUT2D eigenvalue weighted by Gasteiger charge is 2.40. The summed E-state index contributed by atoms with van der Waals surface area (Å²) in [5.74, 6) is 1.00. The number of aliphatic hydroxyl groups excluding tert-OH is 1. The van der Waals surface area contributed by atoms with Crippen molar-refractivity contribution < 1.29 is 9.90 Å². The minimum Gasteiger partial charge on any atom is -0.396 e. The summed E-state index contributed by atoms with van der Waals surface area (Å²) in [5, 5.41) is 18.0. The molecule has 6 heteroatoms. The molecule has 1 aromatic heterocycles. The molecule has 33 heavy (non-hydrogen) atoms. The zero-order chi connectivity index (χ0) is 22.5. The first-order valence-corrected chi connectivity index (χ1v) is 12.1. The second-order valence-electron chi connectivity index (χ2n) is 10.0. The van der Waals surface area contributed by atoms with Gasteiger partial charge in [-0.1, -0.05) is 42.0 Å². The summed E-state index contributed by atoms with van der Waals surface area (Å²) >= 11 is 0. The molecule has 0 saturated heterocycles. The van der Waals surface area contributed by atoms with Gasteiger partial charge in [-0.3, -0.25) is 9.48 Å². The van der Waals surface area contributed by atoms with Gasteiger partial charge in [0, 0.05) is 43.3 Å². The summed E-state index contributed by atoms with van der Waals surface area (Å²) in [6.45, 7) is 0.871. The molecule has 0 bridgehead atoms. The van der Waals surface area contributed by atoms with Crippen molar-refractivity contribution in [3.05, 3.63) is 70.4 Å². The molecule has 1 amide bonds. The van der Waals surface area contributed by atoms with E-state index in [4.69, 9.17) is 0 Å². The van der Waals surface area contributed by atoms with Crippen molar-refractivity contribution in [1.82, 2.24) is 19.9 Å². The highest BCUT2D eigenvalue weighted by molar-refractivity contribution is 5.99. The standard InChI is InChI=1S/C27H30N4O2/c1-30-15-25(28-29-30)19-7-5-17(6-8-19)11-21-12-24-22(13-23(21)18-9-10-18)14-31(27(24)33)26-4-2-3-20(26)16-32/h5-8,12-13,15,18,20,26,32H,2-4,9-11,14,16H2,1H3/t20-,26+/m1/s1. The fourth-order valence-electron chi connectivity index (χ4n) is 5.78. The van der Waals surface area contributed by atoms with Crippen LogP contribution in [0.15, 0.2) is 42.6 Å². The maximum atomic E-state index is 13.4. The second kappa shape index (κ2) is 8.10. The van der Waals surface area contributed by atoms with Gasteiger partial charge in [-0.2, -0.15) is 0 Å². The van der Waals surface area contributed by atoms with Crippen LogP contribution >= 0.6 is 0 Å². The van der Waals surface area contributed by atoms with Gasteiger partial charge in [0.2, 0.25) is 0 Å². The summed E-state index contributed by atoms with van der Waals surface area (Å²) in [4.78, 5) is 15.4. The Morgan fingerprint density at radius 3 is 2.61 bits per heavy atom. The Balaban J connectivity index is 1.28. The lowest BCUT2D eigenvalue weighted by Gasteiger charge is -2.28. The smallest absolute Gasteiger partial charge is 0.254 e. The molecule has 6 rings (SSSR count). The highest BCUT2D eigenvalue weighted by Crippen LogP contribution is 2.45. The van der Waals surface area contributed by atoms with Gasteiger partial charge in [-0.15, -0.1) is 5.10 Å². The molecule has 1 aliphatic heterocycles. The number of aryl methyl sites for hydroxylation is 1. The van der Waals surface area contributed by atoms with E-state index < -0.39 is 0 Å². The number of aromatic nitrogens is 3. The average molecular weight is 443 g/mol. The number of aliphatic hydroxyl groups is 1. The molecule has 2 atom stereocenters. The summed E-state index contributed by atoms with van der Waals surface area (Å²) in [6, 6.07) is 13.2. The van der Waals surface area contributed by atoms with Crippen LogP contribution in [0.2, 0.25) is 0 Å². The van der Waals surface area contributed by atoms with Gasteiger partial charge >= 0.3 is 0 Å². The van der Waals surface area contributed by atoms with Crippen LogP contribution in [0.1, 0.15) is 70.6 Å². The third-order valence-electron chi connectivity index (χ3n) is 7.71. The van der Waals surface area contributed by atoms with Gasteiger partial charge in [0.15, 0.2) is 0 Å². The van der Waals surface area contributed by atoms with Crippen LogP contribution in [0.5, 0.6) is 0 Å². The number of amides is 1. The molecular weight excluding hydrogens is 412 g/mol. The third kappa shape index (κ3) is 3.76. The molecule has 6 nitrogen and oxygen atoms in total. The summed E-state index contributed by atoms with van der Waals surface area (Å²) < 4.78 is 1.71. The van der Waals surface area contributed by atoms with Gasteiger partial charge in [0.05, 0.1) is 6.20 Å². The minimum atomic E-state index is 0.150. The number of carbonyl (C=O) groups excluding carboxylic acids is 1. The SMILES string of the molecule is Cn1cc(-c2ccc(Cc3cc4c(cc3C3CC3)CN([C@H]3CCC[C@@H]3CO)C4=O)cc2)nn1. The van der Waals surface area contributed by atoms with Crippen molar-refractivity contribution in [3.63, 3.8) is 0 Å². The van der Waals surface area contributed by atoms with Gasteiger partial charge in [0.25, 0.3) is 5.91 Å². The Kier molecular flexibility index (Phi) is 5.06. The maximum absolute atomic E-state index is 13.4. The van der Waals surface area contributed by atoms with Crippen LogP contribution in [0.4, 0.5) is 0 Å². The Morgan fingerprint density at radius 1 is 1.09 bits per heavy atom. The lowest BCUT2D eigenvalue weighted by atomic mass is 9.92. The van der Waals surface area contributed by atoms with Gasteiger partial charge in [-0.25, -0.2) is 0 Å². The van der Waals surface area contributed by atoms with Crippen LogP contribution in [0, 0.1) is 5.92 Å². The quantitative estimate of drug-likeness (QED) is 0.625. The molecule has 0 unspecified atom stereocenters. The van der Waals surface area contributed by atoms with Crippen LogP contribution in [0.25, 0.3) is 11.3 Å². The van der Waals surface area contributed by atoms with E-state index >= 15 is 0 Å². The van der Waals surface area contributed by atoms with Crippen molar-refractivity contribution >= 4 is 5.91 Å². The van der Waals surface area contributed by atoms with Crippen LogP contribution in [-0.4, -0.2) is 43.6 Å². The molecule has 2 saturated carbocycles. The lowest BCUT2D eigenvalue weighted by Crippen LogP contribution is -2.39. The van der Waals surface area contributed by atoms with E-state index in [1.165, 1.54) is 35.1 Å². The van der Waals surface area contributed by atoms with Gasteiger partial charge in [-0.05, 0) is 66.3 Å². The topological polar surface area (TPSA) is 71.2 Å². The Morgan fingerprint density at radius 2 is 1.91 bits per heavy atom. The van der Waals surface area contributed by atoms with E-state index in [-0.39, 0.29) is 24.5 Å². The predicted octanol–water partition coefficient (Wildman–Crippen LogP) is 4.07. The van der Waals surface area contributed by atoms with E-state index in [0.717, 1.165) is 42.5 Å². The van der Waals surface area contributed by atoms with E-state index in [0.29, 0.717) is 12.5 Å². The fourth-order valence-corrected chi connectivity index (χ4v) is 5.78. The fraction of sp³-hybridized carbons (Fsp3) is 0.444. The van der Waals surface area contributed by atoms with Crippen molar-refractivity contribution in [1.29, 1.82) is 0 Å². The highest BCUT2D eigenvalue weighted by atomic mass is 16.3. The molecule has 3 aliphatic rings. The first kappa shape index (κ1) is 20.6. The van der Waals surface area contributed by atoms with Crippen molar-refractivity contribution in [2.45, 2.75) is 57.0 Å². The molecular formula is C27H30N4O2. The van der Waals surface area contributed by atoms with E-state index in [1.807, 2.05) is 18.1 Å². The predicted molar refractivity (Wildman–Crippen MR) is 126 cm³/mol. The molecule has 2 fully saturated rings. The maximum Gasteiger partial charge on any atom is 0.254 e. The molecule has 170 valence electrons. The van der Waals surface area contributed by atoms with E-state index in [2.05, 4.69) is 46.7 Å². The van der Waals surface area contributed by atoms with Crippen LogP contribution in [-0.2, 0) is 20.0 Å². The number of fused-ring (bicyclic) bond motifs is 1. The number of nitrogens with zero attached hydrogens (tertiary/aromatic N) is 4. The van der Waals surface area contributed by atoms with Crippen LogP contribution < -0.4 is 0 Å². The Labute approximate surface area is 194 Å². The van der Waals surface area contributed by atoms with Gasteiger partial charge in [0.1, 0.15) is 5.69 Å². The minimum absolute atomic E-state index is 0.150. The van der Waals surface area contributed by atoms with Crippen molar-refractivity contribution in [2.24, 2.45) is 13.0 Å². The number of carbonyl (C=O) groups is 1. The zero-order valence-corrected chi connectivity index (χ0v) is 19.1. The number of rotatable bonds is 6. The molecule has 1 N–H and O–H groups in total. The lowest BCUT2D eigenvalue weighted by molar-refractivity contribution is 0.0612. The first-order valence-electron chi connectivity index (χ1n) is 12.1. The van der Waals surface area contributed by atoms with Crippen molar-refractivity contribution in [2.75, 3.05) is 6.61 Å². The number of hydrogen-bond donors (Lipinski definition) is 1. The molecule has 2 heterocycles. The molecule has 2 aliphatic carbocycles. The molecule has 0 radical (unpaired) electrons. The second-order valence-corrected chi connectivity index (χ2v) is 10.0. The number of benzene rings is 2. The van der Waals surface area contributed by atoms with E-state index in [1.54, 1.807) is 4.68 Å². The van der Waals surface area contributed by atoms with Crippen LogP contribution in [0.3, 0.4) is 0 Å². The molecule has 2 aromatic carbocycles. The number of hydrogen-bond acceptors (Lipinski definition) is 4. The Bertz CT molecular complexity index is 1200. The summed E-state index contributed by atoms with van der Waals surface area (Å²) in [6.07, 6.45) is 8.35. The summed E-state index contributed by atoms with van der Waals surface area (Å²) in [5.41, 5.74) is 7.92.